The van der Waals surface area contributed by atoms with Crippen molar-refractivity contribution in [3.05, 3.63) is 53.9 Å². The summed E-state index contributed by atoms with van der Waals surface area (Å²) in [6.07, 6.45) is 3.72. The van der Waals surface area contributed by atoms with Gasteiger partial charge in [0.1, 0.15) is 0 Å². The number of hydrogen-bond donors (Lipinski definition) is 0. The Morgan fingerprint density at radius 1 is 1.10 bits per heavy atom. The summed E-state index contributed by atoms with van der Waals surface area (Å²) in [5, 5.41) is 0. The third-order valence-corrected chi connectivity index (χ3v) is 2.95. The van der Waals surface area contributed by atoms with Crippen molar-refractivity contribution in [3.8, 4) is 11.5 Å². The van der Waals surface area contributed by atoms with Gasteiger partial charge in [0.25, 0.3) is 0 Å². The topological polar surface area (TPSA) is 48.4 Å². The molecule has 0 unspecified atom stereocenters. The third-order valence-electron chi connectivity index (χ3n) is 2.95. The molecule has 110 valence electrons. The molecule has 0 radical (unpaired) electrons. The van der Waals surface area contributed by atoms with Crippen LogP contribution in [0.25, 0.3) is 0 Å². The minimum Gasteiger partial charge on any atom is -0.490 e. The molecular formula is C17H19NO3. The highest BCUT2D eigenvalue weighted by molar-refractivity contribution is 5.98. The van der Waals surface area contributed by atoms with Gasteiger partial charge < -0.3 is 9.47 Å². The van der Waals surface area contributed by atoms with E-state index in [9.17, 15) is 4.79 Å². The second-order valence-corrected chi connectivity index (χ2v) is 4.49. The van der Waals surface area contributed by atoms with Crippen LogP contribution in [0.4, 0.5) is 0 Å². The van der Waals surface area contributed by atoms with Crippen molar-refractivity contribution in [2.24, 2.45) is 0 Å². The molecule has 2 aromatic rings. The summed E-state index contributed by atoms with van der Waals surface area (Å²) >= 11 is 0. The minimum absolute atomic E-state index is 0.0343. The molecule has 0 N–H and O–H groups in total. The highest BCUT2D eigenvalue weighted by Gasteiger charge is 2.12. The van der Waals surface area contributed by atoms with Crippen molar-refractivity contribution in [2.75, 3.05) is 13.2 Å². The van der Waals surface area contributed by atoms with E-state index in [1.54, 1.807) is 30.6 Å². The van der Waals surface area contributed by atoms with Gasteiger partial charge in [-0.05, 0) is 43.7 Å². The van der Waals surface area contributed by atoms with Gasteiger partial charge in [0.2, 0.25) is 0 Å². The summed E-state index contributed by atoms with van der Waals surface area (Å²) in [5.74, 6) is 1.31. The van der Waals surface area contributed by atoms with E-state index in [4.69, 9.17) is 9.47 Å². The Kier molecular flexibility index (Phi) is 5.32. The Morgan fingerprint density at radius 3 is 2.52 bits per heavy atom. The average molecular weight is 285 g/mol. The van der Waals surface area contributed by atoms with E-state index >= 15 is 0 Å². The van der Waals surface area contributed by atoms with Crippen LogP contribution in [-0.2, 0) is 6.42 Å². The lowest BCUT2D eigenvalue weighted by Gasteiger charge is -2.12. The summed E-state index contributed by atoms with van der Waals surface area (Å²) in [6, 6.07) is 9.01. The van der Waals surface area contributed by atoms with Crippen molar-refractivity contribution in [1.29, 1.82) is 0 Å². The monoisotopic (exact) mass is 285 g/mol. The summed E-state index contributed by atoms with van der Waals surface area (Å²) in [4.78, 5) is 16.3. The molecule has 0 aliphatic rings. The molecule has 1 heterocycles. The van der Waals surface area contributed by atoms with Gasteiger partial charge in [-0.2, -0.15) is 0 Å². The van der Waals surface area contributed by atoms with Crippen molar-refractivity contribution in [3.63, 3.8) is 0 Å². The summed E-state index contributed by atoms with van der Waals surface area (Å²) < 4.78 is 11.0. The highest BCUT2D eigenvalue weighted by atomic mass is 16.5. The predicted octanol–water partition coefficient (Wildman–Crippen LogP) is 3.30. The van der Waals surface area contributed by atoms with Gasteiger partial charge in [-0.3, -0.25) is 9.78 Å². The quantitative estimate of drug-likeness (QED) is 0.732. The number of ketones is 1. The zero-order valence-electron chi connectivity index (χ0n) is 12.3. The number of hydrogen-bond acceptors (Lipinski definition) is 4. The molecule has 0 aliphatic heterocycles. The van der Waals surface area contributed by atoms with Crippen LogP contribution in [0.2, 0.25) is 0 Å². The first kappa shape index (κ1) is 15.0. The van der Waals surface area contributed by atoms with E-state index in [1.165, 1.54) is 0 Å². The fourth-order valence-corrected chi connectivity index (χ4v) is 2.01. The molecule has 2 rings (SSSR count). The number of pyridine rings is 1. The Morgan fingerprint density at radius 2 is 1.86 bits per heavy atom. The number of aromatic nitrogens is 1. The van der Waals surface area contributed by atoms with Crippen LogP contribution >= 0.6 is 0 Å². The summed E-state index contributed by atoms with van der Waals surface area (Å²) in [7, 11) is 0. The van der Waals surface area contributed by atoms with E-state index in [2.05, 4.69) is 4.98 Å². The van der Waals surface area contributed by atoms with Gasteiger partial charge in [-0.25, -0.2) is 0 Å². The predicted molar refractivity (Wildman–Crippen MR) is 81.1 cm³/mol. The van der Waals surface area contributed by atoms with Crippen molar-refractivity contribution in [2.45, 2.75) is 20.3 Å². The molecule has 0 aliphatic carbocycles. The molecule has 4 heteroatoms. The zero-order chi connectivity index (χ0) is 15.1. The first-order chi connectivity index (χ1) is 10.2. The van der Waals surface area contributed by atoms with Crippen molar-refractivity contribution in [1.82, 2.24) is 4.98 Å². The number of carbonyl (C=O) groups excluding carboxylic acids is 1. The molecule has 0 bridgehead atoms. The van der Waals surface area contributed by atoms with E-state index in [-0.39, 0.29) is 5.78 Å². The second kappa shape index (κ2) is 7.43. The zero-order valence-corrected chi connectivity index (χ0v) is 12.3. The fraction of sp³-hybridized carbons (Fsp3) is 0.294. The van der Waals surface area contributed by atoms with Crippen LogP contribution < -0.4 is 9.47 Å². The largest absolute Gasteiger partial charge is 0.490 e. The first-order valence-electron chi connectivity index (χ1n) is 7.06. The number of benzene rings is 1. The highest BCUT2D eigenvalue weighted by Crippen LogP contribution is 2.29. The minimum atomic E-state index is 0.0343. The molecule has 0 atom stereocenters. The van der Waals surface area contributed by atoms with E-state index in [1.807, 2.05) is 26.0 Å². The smallest absolute Gasteiger partial charge is 0.167 e. The molecule has 21 heavy (non-hydrogen) atoms. The van der Waals surface area contributed by atoms with E-state index < -0.39 is 0 Å². The second-order valence-electron chi connectivity index (χ2n) is 4.49. The fourth-order valence-electron chi connectivity index (χ4n) is 2.01. The van der Waals surface area contributed by atoms with Gasteiger partial charge in [0.05, 0.1) is 13.2 Å². The van der Waals surface area contributed by atoms with Crippen molar-refractivity contribution < 1.29 is 14.3 Å². The maximum absolute atomic E-state index is 12.3. The van der Waals surface area contributed by atoms with Crippen LogP contribution in [0.15, 0.2) is 42.7 Å². The number of rotatable bonds is 7. The molecule has 0 fully saturated rings. The molecule has 0 amide bonds. The molecular weight excluding hydrogens is 266 g/mol. The lowest BCUT2D eigenvalue weighted by atomic mass is 10.0. The standard InChI is InChI=1S/C17H19NO3/c1-3-20-16-8-7-14(11-17(16)21-4-2)15(19)10-13-6-5-9-18-12-13/h5-9,11-12H,3-4,10H2,1-2H3. The third kappa shape index (κ3) is 4.05. The molecule has 1 aromatic carbocycles. The van der Waals surface area contributed by atoms with Gasteiger partial charge >= 0.3 is 0 Å². The van der Waals surface area contributed by atoms with Crippen LogP contribution in [0.3, 0.4) is 0 Å². The van der Waals surface area contributed by atoms with Crippen LogP contribution in [0.1, 0.15) is 29.8 Å². The molecule has 0 saturated carbocycles. The Labute approximate surface area is 124 Å². The Bertz CT molecular complexity index is 596. The number of nitrogens with zero attached hydrogens (tertiary/aromatic N) is 1. The average Bonchev–Trinajstić information content (AvgIpc) is 2.50. The Balaban J connectivity index is 2.19. The van der Waals surface area contributed by atoms with Crippen LogP contribution in [0, 0.1) is 0 Å². The summed E-state index contributed by atoms with van der Waals surface area (Å²) in [6.45, 7) is 4.90. The lowest BCUT2D eigenvalue weighted by Crippen LogP contribution is -2.05. The molecule has 1 aromatic heterocycles. The van der Waals surface area contributed by atoms with E-state index in [0.29, 0.717) is 36.7 Å². The maximum atomic E-state index is 12.3. The maximum Gasteiger partial charge on any atom is 0.167 e. The van der Waals surface area contributed by atoms with E-state index in [0.717, 1.165) is 5.56 Å². The van der Waals surface area contributed by atoms with Gasteiger partial charge in [0.15, 0.2) is 17.3 Å². The van der Waals surface area contributed by atoms with Gasteiger partial charge in [0, 0.05) is 24.4 Å². The molecule has 0 spiro atoms. The number of Topliss-reactive ketones (excluding diaryl/α,β-unsaturated/α-hetero) is 1. The molecule has 4 nitrogen and oxygen atoms in total. The van der Waals surface area contributed by atoms with Crippen molar-refractivity contribution >= 4 is 5.78 Å². The molecule has 0 saturated heterocycles. The van der Waals surface area contributed by atoms with Gasteiger partial charge in [-0.15, -0.1) is 0 Å². The normalized spacial score (nSPS) is 10.2. The van der Waals surface area contributed by atoms with Gasteiger partial charge in [-0.1, -0.05) is 6.07 Å². The van der Waals surface area contributed by atoms with Crippen LogP contribution in [0.5, 0.6) is 11.5 Å². The first-order valence-corrected chi connectivity index (χ1v) is 7.06. The lowest BCUT2D eigenvalue weighted by molar-refractivity contribution is 0.0992. The summed E-state index contributed by atoms with van der Waals surface area (Å²) in [5.41, 5.74) is 1.51. The Hall–Kier alpha value is -2.36. The number of ether oxygens (including phenoxy) is 2. The SMILES string of the molecule is CCOc1ccc(C(=O)Cc2cccnc2)cc1OCC. The van der Waals surface area contributed by atoms with Crippen LogP contribution in [-0.4, -0.2) is 24.0 Å². The number of carbonyl (C=O) groups is 1.